The number of amides is 6. The zero-order valence-electron chi connectivity index (χ0n) is 47.1. The lowest BCUT2D eigenvalue weighted by molar-refractivity contribution is -0.440. The first-order chi connectivity index (χ1) is 43.5. The highest BCUT2D eigenvalue weighted by Gasteiger charge is 2.71. The normalized spacial score (nSPS) is 18.9. The van der Waals surface area contributed by atoms with Crippen LogP contribution < -0.4 is 57.7 Å². The van der Waals surface area contributed by atoms with Crippen molar-refractivity contribution < 1.29 is 155 Å². The molecule has 32 N–H and O–H groups in total. The number of piperidine rings is 2. The van der Waals surface area contributed by atoms with E-state index in [1.165, 1.54) is 0 Å². The maximum atomic E-state index is 14.5. The molecule has 0 spiro atoms. The quantitative estimate of drug-likeness (QED) is 0.0221. The molecule has 2 fully saturated rings. The Bertz CT molecular complexity index is 4290. The molecule has 44 nitrogen and oxygen atoms in total. The van der Waals surface area contributed by atoms with Gasteiger partial charge in [-0.25, -0.2) is 9.36 Å². The average molecular weight is 1330 g/mol. The van der Waals surface area contributed by atoms with Crippen molar-refractivity contribution >= 4 is 75.3 Å². The second-order valence-corrected chi connectivity index (χ2v) is 21.3. The third-order valence-electron chi connectivity index (χ3n) is 15.9. The minimum atomic E-state index is -4.56. The van der Waals surface area contributed by atoms with Crippen LogP contribution in [0.2, 0.25) is 0 Å². The number of nitrogens with zero attached hydrogens (tertiary/aromatic N) is 8. The summed E-state index contributed by atoms with van der Waals surface area (Å²) in [5.41, 5.74) is 16.6. The Morgan fingerprint density at radius 1 is 0.479 bits per heavy atom. The van der Waals surface area contributed by atoms with Crippen molar-refractivity contribution in [3.05, 3.63) is 33.9 Å². The van der Waals surface area contributed by atoms with Gasteiger partial charge in [-0.1, -0.05) is 0 Å². The molecule has 4 aromatic carbocycles. The lowest BCUT2D eigenvalue weighted by atomic mass is 9.89. The number of phenols is 13. The number of phenolic OH excluding ortho intramolecular Hbond substituents is 13. The van der Waals surface area contributed by atoms with Crippen LogP contribution >= 0.6 is 0 Å². The number of aliphatic hydroxyl groups is 9. The largest absolute Gasteiger partial charge is 0.503 e. The van der Waals surface area contributed by atoms with Crippen LogP contribution in [0.15, 0.2) is 0 Å². The number of aromatic nitrogens is 4. The number of ether oxygens (including phenoxy) is 3. The number of carbonyl (C=O) groups excluding carboxylic acids is 6. The summed E-state index contributed by atoms with van der Waals surface area (Å²) in [6.45, 7) is -6.45. The number of primary amides is 2. The summed E-state index contributed by atoms with van der Waals surface area (Å²) in [7, 11) is 0.986. The fourth-order valence-electron chi connectivity index (χ4n) is 11.1. The molecule has 0 radical (unpaired) electrons. The molecule has 0 saturated carbocycles. The molecule has 0 bridgehead atoms. The Hall–Kier alpha value is -11.9. The average Bonchev–Trinajstić information content (AvgIpc) is 0.781. The van der Waals surface area contributed by atoms with Gasteiger partial charge in [-0.05, 0) is 12.8 Å². The number of anilines is 7. The van der Waals surface area contributed by atoms with E-state index in [-0.39, 0.29) is 20.0 Å². The number of aromatic hydroxyl groups is 13. The number of hydrogen-bond donors (Lipinski definition) is 27. The topological polar surface area (TPSA) is 754 Å². The van der Waals surface area contributed by atoms with E-state index in [0.29, 0.717) is 14.5 Å². The number of nitrogen functional groups attached to an aromatic ring is 3. The molecule has 502 valence electrons. The van der Waals surface area contributed by atoms with E-state index in [9.17, 15) is 141 Å². The van der Waals surface area contributed by atoms with Gasteiger partial charge in [-0.2, -0.15) is 10.2 Å². The number of hydrogen-bond acceptors (Lipinski definition) is 36. The molecule has 1 unspecified atom stereocenters. The van der Waals surface area contributed by atoms with E-state index in [1.807, 2.05) is 0 Å². The van der Waals surface area contributed by atoms with Crippen LogP contribution in [-0.4, -0.2) is 236 Å². The van der Waals surface area contributed by atoms with E-state index < -0.39 is 282 Å². The zero-order valence-corrected chi connectivity index (χ0v) is 47.1. The van der Waals surface area contributed by atoms with E-state index in [0.717, 1.165) is 7.11 Å². The molecule has 1 atom stereocenters. The van der Waals surface area contributed by atoms with Crippen LogP contribution in [0.5, 0.6) is 86.2 Å². The maximum absolute atomic E-state index is 14.5. The molecule has 2 aromatic heterocycles. The molecule has 4 aliphatic heterocycles. The molecule has 6 aromatic rings. The summed E-state index contributed by atoms with van der Waals surface area (Å²) in [6.07, 6.45) is -2.66. The van der Waals surface area contributed by atoms with Gasteiger partial charge >= 0.3 is 5.79 Å². The minimum Gasteiger partial charge on any atom is -0.503 e. The predicted molar refractivity (Wildman–Crippen MR) is 299 cm³/mol. The molecule has 10 rings (SSSR count). The highest BCUT2D eigenvalue weighted by atomic mass is 16.8. The Morgan fingerprint density at radius 3 is 1.33 bits per heavy atom. The van der Waals surface area contributed by atoms with Gasteiger partial charge in [0.2, 0.25) is 52.0 Å². The van der Waals surface area contributed by atoms with Crippen LogP contribution in [0.4, 0.5) is 39.8 Å². The summed E-state index contributed by atoms with van der Waals surface area (Å²) in [5.74, 6) is -51.5. The van der Waals surface area contributed by atoms with Crippen molar-refractivity contribution in [3.8, 4) is 97.6 Å². The number of benzene rings is 4. The number of methoxy groups -OCH3 is 1. The zero-order chi connectivity index (χ0) is 69.9. The maximum Gasteiger partial charge on any atom is 0.306 e. The molecule has 44 heteroatoms. The number of β-amino-alcohol motifs (C(OH)–C–C–N with tert-alkyl or cyclic N) is 3. The van der Waals surface area contributed by atoms with Crippen molar-refractivity contribution in [2.75, 3.05) is 76.9 Å². The lowest BCUT2D eigenvalue weighted by Crippen LogP contribution is -2.80. The number of rotatable bonds is 13. The second kappa shape index (κ2) is 21.1. The minimum absolute atomic E-state index is 0.146. The van der Waals surface area contributed by atoms with E-state index in [1.54, 1.807) is 0 Å². The van der Waals surface area contributed by atoms with Crippen LogP contribution in [0, 0.1) is 0 Å². The van der Waals surface area contributed by atoms with Gasteiger partial charge in [0.25, 0.3) is 35.3 Å². The summed E-state index contributed by atoms with van der Waals surface area (Å²) in [4.78, 5) is 81.9. The third kappa shape index (κ3) is 8.77. The summed E-state index contributed by atoms with van der Waals surface area (Å²) >= 11 is 0. The predicted octanol–water partition coefficient (Wildman–Crippen LogP) is -7.86. The second-order valence-electron chi connectivity index (χ2n) is 21.3. The standard InChI is InChI=1S/C50H51N13O31/c1-92-39-26(65)15(53)22(29(68)36(39)75)62-18-10(16(56-62)41(54)78)2-4-58(43(18)80)20-13(51)14(52)21(28(67)27(20)66)60-8-48(87,46(83,84)6-12(60)64)94-9-93-40-37(76)34(73)25(35(74)38(40)77)63-19-11(17(57-63)42(55)79)3-5-59(44(19)81)23-30(69)32(71)24(33(72)31(23)70)61-7-47(85,86)50(90,91)49(88,89)45(61)82/h65-77,83-91H,2-9,51-53H2,1H3,(H2,54,78)(H2,55,79). The van der Waals surface area contributed by atoms with Crippen molar-refractivity contribution in [2.24, 2.45) is 11.5 Å². The molecular weight excluding hydrogens is 1280 g/mol. The molecule has 94 heavy (non-hydrogen) atoms. The number of carbonyl (C=O) groups is 6. The lowest BCUT2D eigenvalue weighted by Gasteiger charge is -2.49. The Kier molecular flexibility index (Phi) is 14.6. The SMILES string of the molecule is COc1c(O)c(N)c(-n2nc(C(N)=O)c3c2C(=O)N(c2c(N)c(N)c(N4CC(O)(OCOc5c(O)c(O)c(-n6nc(C(N)=O)c7c6C(=O)N(c6c(O)c(O)c(N8CC(O)(O)C(O)(O)C(O)(O)C8=O)c(O)c6O)CC7)c(O)c5O)C(O)(O)CC4=O)c(O)c2O)CC3)c(O)c1O. The molecular formula is C50H51N13O31. The van der Waals surface area contributed by atoms with Gasteiger partial charge < -0.3 is 165 Å². The highest BCUT2D eigenvalue weighted by Crippen LogP contribution is 2.60. The van der Waals surface area contributed by atoms with Crippen LogP contribution in [0.3, 0.4) is 0 Å². The van der Waals surface area contributed by atoms with Gasteiger partial charge in [0.1, 0.15) is 45.5 Å². The summed E-state index contributed by atoms with van der Waals surface area (Å²) in [5, 5.41) is 248. The number of nitrogens with two attached hydrogens (primary N) is 5. The summed E-state index contributed by atoms with van der Waals surface area (Å²) in [6, 6.07) is 0. The molecule has 0 aliphatic carbocycles. The van der Waals surface area contributed by atoms with Crippen LogP contribution in [0.25, 0.3) is 11.4 Å². The highest BCUT2D eigenvalue weighted by molar-refractivity contribution is 6.16. The Balaban J connectivity index is 0.938. The van der Waals surface area contributed by atoms with Gasteiger partial charge in [0, 0.05) is 24.2 Å². The van der Waals surface area contributed by atoms with Gasteiger partial charge in [-0.15, -0.1) is 0 Å². The van der Waals surface area contributed by atoms with E-state index >= 15 is 0 Å². The van der Waals surface area contributed by atoms with Crippen molar-refractivity contribution in [1.82, 2.24) is 19.6 Å². The van der Waals surface area contributed by atoms with Crippen LogP contribution in [0.1, 0.15) is 59.5 Å². The first-order valence-electron chi connectivity index (χ1n) is 26.1. The van der Waals surface area contributed by atoms with Crippen molar-refractivity contribution in [3.63, 3.8) is 0 Å². The third-order valence-corrected chi connectivity index (χ3v) is 15.9. The van der Waals surface area contributed by atoms with E-state index in [4.69, 9.17) is 42.9 Å². The molecule has 6 amide bonds. The fourth-order valence-corrected chi connectivity index (χ4v) is 11.1. The van der Waals surface area contributed by atoms with Crippen LogP contribution in [-0.2, 0) is 27.2 Å². The molecule has 2 saturated heterocycles. The molecule has 4 aliphatic rings. The first-order valence-corrected chi connectivity index (χ1v) is 26.1. The first kappa shape index (κ1) is 65.1. The monoisotopic (exact) mass is 1330 g/mol. The van der Waals surface area contributed by atoms with Gasteiger partial charge in [0.15, 0.2) is 81.4 Å². The van der Waals surface area contributed by atoms with Gasteiger partial charge in [-0.3, -0.25) is 38.6 Å². The number of fused-ring (bicyclic) bond motifs is 2. The van der Waals surface area contributed by atoms with E-state index in [2.05, 4.69) is 10.2 Å². The molecule has 6 heterocycles. The summed E-state index contributed by atoms with van der Waals surface area (Å²) < 4.78 is 15.9. The fraction of sp³-hybridized carbons (Fsp3) is 0.280. The van der Waals surface area contributed by atoms with Crippen molar-refractivity contribution in [1.29, 1.82) is 0 Å². The van der Waals surface area contributed by atoms with Gasteiger partial charge in [0.05, 0.1) is 38.0 Å². The van der Waals surface area contributed by atoms with Crippen molar-refractivity contribution in [2.45, 2.75) is 48.2 Å². The Morgan fingerprint density at radius 2 is 0.872 bits per heavy atom. The Labute approximate surface area is 517 Å². The smallest absolute Gasteiger partial charge is 0.306 e.